The molecule has 1 N–H and O–H groups in total. The lowest BCUT2D eigenvalue weighted by Gasteiger charge is -2.30. The monoisotopic (exact) mass is 497 g/mol. The highest BCUT2D eigenvalue weighted by Crippen LogP contribution is 2.43. The second-order valence-corrected chi connectivity index (χ2v) is 9.63. The number of hydrogen-bond acceptors (Lipinski definition) is 5. The Morgan fingerprint density at radius 2 is 2.03 bits per heavy atom. The lowest BCUT2D eigenvalue weighted by molar-refractivity contribution is 0.130. The summed E-state index contributed by atoms with van der Waals surface area (Å²) in [5.74, 6) is 0.801. The molecule has 0 atom stereocenters. The molecule has 0 saturated heterocycles. The van der Waals surface area contributed by atoms with E-state index in [-0.39, 0.29) is 6.10 Å². The van der Waals surface area contributed by atoms with E-state index in [1.165, 1.54) is 6.42 Å². The normalized spacial score (nSPS) is 13.4. The van der Waals surface area contributed by atoms with Crippen molar-refractivity contribution in [2.45, 2.75) is 58.2 Å². The molecule has 1 amide bonds. The van der Waals surface area contributed by atoms with E-state index in [9.17, 15) is 10.1 Å². The van der Waals surface area contributed by atoms with Gasteiger partial charge in [-0.3, -0.25) is 5.32 Å². The summed E-state index contributed by atoms with van der Waals surface area (Å²) in [6.45, 7) is 5.07. The predicted molar refractivity (Wildman–Crippen MR) is 143 cm³/mol. The molecule has 0 unspecified atom stereocenters. The van der Waals surface area contributed by atoms with Crippen molar-refractivity contribution in [2.24, 2.45) is 0 Å². The second kappa shape index (κ2) is 10.8. The Morgan fingerprint density at radius 3 is 2.68 bits per heavy atom. The summed E-state index contributed by atoms with van der Waals surface area (Å²) < 4.78 is 15.6. The first-order valence-electron chi connectivity index (χ1n) is 12.8. The van der Waals surface area contributed by atoms with Gasteiger partial charge in [0.2, 0.25) is 0 Å². The number of fused-ring (bicyclic) bond motifs is 1. The van der Waals surface area contributed by atoms with Crippen LogP contribution in [0.5, 0.6) is 5.75 Å². The number of anilines is 1. The van der Waals surface area contributed by atoms with E-state index in [2.05, 4.69) is 27.0 Å². The third kappa shape index (κ3) is 5.31. The summed E-state index contributed by atoms with van der Waals surface area (Å²) in [6.07, 6.45) is 9.07. The number of imidazole rings is 1. The largest absolute Gasteiger partial charge is 0.493 e. The van der Waals surface area contributed by atoms with Gasteiger partial charge < -0.3 is 18.6 Å². The van der Waals surface area contributed by atoms with Gasteiger partial charge in [0.25, 0.3) is 0 Å². The number of amides is 1. The minimum absolute atomic E-state index is 0.193. The molecule has 1 saturated carbocycles. The molecule has 2 heterocycles. The number of carbonyl (C=O) groups excluding carboxylic acids is 1. The summed E-state index contributed by atoms with van der Waals surface area (Å²) in [7, 11) is 0. The standard InChI is InChI=1S/C29H31N5O3/c1-20(2)37-29(35)32-22-9-7-21(8-10-22)28-26(18-30)25-12-11-24(17-27(25)34(28)23-5-3-6-23)36-16-4-14-33-15-13-31-19-33/h7-13,15,17,19-20,23H,3-6,14,16H2,1-2H3,(H,32,35). The third-order valence-corrected chi connectivity index (χ3v) is 6.66. The van der Waals surface area contributed by atoms with Gasteiger partial charge in [-0.15, -0.1) is 0 Å². The number of hydrogen-bond donors (Lipinski definition) is 1. The topological polar surface area (TPSA) is 94.1 Å². The fraction of sp³-hybridized carbons (Fsp3) is 0.345. The highest BCUT2D eigenvalue weighted by Gasteiger charge is 2.28. The van der Waals surface area contributed by atoms with Gasteiger partial charge in [-0.05, 0) is 69.4 Å². The molecule has 2 aromatic heterocycles. The number of aromatic nitrogens is 3. The smallest absolute Gasteiger partial charge is 0.411 e. The van der Waals surface area contributed by atoms with Gasteiger partial charge >= 0.3 is 6.09 Å². The molecule has 4 aromatic rings. The van der Waals surface area contributed by atoms with Gasteiger partial charge in [0.15, 0.2) is 0 Å². The summed E-state index contributed by atoms with van der Waals surface area (Å²) >= 11 is 0. The van der Waals surface area contributed by atoms with Gasteiger partial charge in [-0.2, -0.15) is 5.26 Å². The maximum atomic E-state index is 12.0. The van der Waals surface area contributed by atoms with Crippen LogP contribution in [0.3, 0.4) is 0 Å². The molecule has 2 aromatic carbocycles. The van der Waals surface area contributed by atoms with Crippen LogP contribution in [0, 0.1) is 11.3 Å². The van der Waals surface area contributed by atoms with Crippen molar-refractivity contribution in [3.63, 3.8) is 0 Å². The SMILES string of the molecule is CC(C)OC(=O)Nc1ccc(-c2c(C#N)c3ccc(OCCCn4ccnc4)cc3n2C2CCC2)cc1. The Hall–Kier alpha value is -4.25. The van der Waals surface area contributed by atoms with Crippen LogP contribution in [0.15, 0.2) is 61.2 Å². The van der Waals surface area contributed by atoms with Crippen LogP contribution < -0.4 is 10.1 Å². The quantitative estimate of drug-likeness (QED) is 0.265. The van der Waals surface area contributed by atoms with Crippen LogP contribution in [0.1, 0.15) is 51.1 Å². The van der Waals surface area contributed by atoms with Crippen molar-refractivity contribution in [1.29, 1.82) is 5.26 Å². The molecule has 37 heavy (non-hydrogen) atoms. The van der Waals surface area contributed by atoms with Gasteiger partial charge in [0, 0.05) is 42.1 Å². The molecule has 5 rings (SSSR count). The van der Waals surface area contributed by atoms with Crippen LogP contribution in [-0.2, 0) is 11.3 Å². The predicted octanol–water partition coefficient (Wildman–Crippen LogP) is 6.53. The van der Waals surface area contributed by atoms with E-state index in [1.54, 1.807) is 6.20 Å². The van der Waals surface area contributed by atoms with E-state index in [0.29, 0.717) is 23.9 Å². The van der Waals surface area contributed by atoms with E-state index in [4.69, 9.17) is 9.47 Å². The van der Waals surface area contributed by atoms with Crippen molar-refractivity contribution in [2.75, 3.05) is 11.9 Å². The number of nitrogens with zero attached hydrogens (tertiary/aromatic N) is 4. The molecule has 1 aliphatic rings. The number of carbonyl (C=O) groups is 1. The number of aryl methyl sites for hydroxylation is 1. The van der Waals surface area contributed by atoms with Gasteiger partial charge in [-0.25, -0.2) is 9.78 Å². The highest BCUT2D eigenvalue weighted by molar-refractivity contribution is 5.96. The maximum absolute atomic E-state index is 12.0. The van der Waals surface area contributed by atoms with Crippen molar-refractivity contribution >= 4 is 22.7 Å². The third-order valence-electron chi connectivity index (χ3n) is 6.66. The number of rotatable bonds is 9. The van der Waals surface area contributed by atoms with Crippen molar-refractivity contribution in [3.05, 3.63) is 66.7 Å². The summed E-state index contributed by atoms with van der Waals surface area (Å²) in [4.78, 5) is 16.0. The molecule has 1 fully saturated rings. The number of nitrogens with one attached hydrogen (secondary N) is 1. The fourth-order valence-corrected chi connectivity index (χ4v) is 4.73. The molecule has 1 aliphatic carbocycles. The van der Waals surface area contributed by atoms with Gasteiger partial charge in [-0.1, -0.05) is 12.1 Å². The van der Waals surface area contributed by atoms with Crippen LogP contribution in [0.4, 0.5) is 10.5 Å². The first-order chi connectivity index (χ1) is 18.0. The average Bonchev–Trinajstić information content (AvgIpc) is 3.47. The zero-order valence-corrected chi connectivity index (χ0v) is 21.2. The van der Waals surface area contributed by atoms with Crippen LogP contribution in [-0.4, -0.2) is 32.9 Å². The Kier molecular flexibility index (Phi) is 7.13. The minimum Gasteiger partial charge on any atom is -0.493 e. The molecule has 0 bridgehead atoms. The van der Waals surface area contributed by atoms with Crippen molar-refractivity contribution in [1.82, 2.24) is 14.1 Å². The molecule has 0 radical (unpaired) electrons. The van der Waals surface area contributed by atoms with Gasteiger partial charge in [0.05, 0.1) is 35.8 Å². The first kappa shape index (κ1) is 24.4. The van der Waals surface area contributed by atoms with Crippen molar-refractivity contribution in [3.8, 4) is 23.1 Å². The summed E-state index contributed by atoms with van der Waals surface area (Å²) in [6, 6.07) is 16.4. The van der Waals surface area contributed by atoms with E-state index >= 15 is 0 Å². The Bertz CT molecular complexity index is 1410. The Balaban J connectivity index is 1.43. The number of benzene rings is 2. The molecule has 190 valence electrons. The molecule has 8 nitrogen and oxygen atoms in total. The number of nitriles is 1. The first-order valence-corrected chi connectivity index (χ1v) is 12.8. The highest BCUT2D eigenvalue weighted by atomic mass is 16.6. The average molecular weight is 498 g/mol. The van der Waals surface area contributed by atoms with E-state index in [0.717, 1.165) is 53.7 Å². The Morgan fingerprint density at radius 1 is 1.22 bits per heavy atom. The zero-order chi connectivity index (χ0) is 25.8. The number of ether oxygens (including phenoxy) is 2. The molecule has 0 spiro atoms. The maximum Gasteiger partial charge on any atom is 0.411 e. The zero-order valence-electron chi connectivity index (χ0n) is 21.2. The molecular formula is C29H31N5O3. The van der Waals surface area contributed by atoms with Crippen LogP contribution >= 0.6 is 0 Å². The van der Waals surface area contributed by atoms with Gasteiger partial charge in [0.1, 0.15) is 11.8 Å². The fourth-order valence-electron chi connectivity index (χ4n) is 4.73. The molecular weight excluding hydrogens is 466 g/mol. The lowest BCUT2D eigenvalue weighted by Crippen LogP contribution is -2.18. The lowest BCUT2D eigenvalue weighted by atomic mass is 9.92. The molecule has 0 aliphatic heterocycles. The van der Waals surface area contributed by atoms with Crippen molar-refractivity contribution < 1.29 is 14.3 Å². The molecule has 8 heteroatoms. The van der Waals surface area contributed by atoms with E-state index in [1.807, 2.05) is 67.3 Å². The minimum atomic E-state index is -0.485. The summed E-state index contributed by atoms with van der Waals surface area (Å²) in [5.41, 5.74) is 4.17. The van der Waals surface area contributed by atoms with Crippen LogP contribution in [0.2, 0.25) is 0 Å². The Labute approximate surface area is 216 Å². The summed E-state index contributed by atoms with van der Waals surface area (Å²) in [5, 5.41) is 13.9. The second-order valence-electron chi connectivity index (χ2n) is 9.63. The van der Waals surface area contributed by atoms with Crippen LogP contribution in [0.25, 0.3) is 22.2 Å². The van der Waals surface area contributed by atoms with E-state index < -0.39 is 6.09 Å².